The molecule has 0 N–H and O–H groups in total. The predicted molar refractivity (Wildman–Crippen MR) is 224 cm³/mol. The monoisotopic (exact) mass is 868 g/mol. The highest BCUT2D eigenvalue weighted by molar-refractivity contribution is 14.1. The molecule has 2 aliphatic heterocycles. The topological polar surface area (TPSA) is 73.8 Å². The molecule has 0 amide bonds. The zero-order chi connectivity index (χ0) is 37.4. The van der Waals surface area contributed by atoms with E-state index in [4.69, 9.17) is 37.9 Å². The maximum Gasteiger partial charge on any atom is 0.147 e. The summed E-state index contributed by atoms with van der Waals surface area (Å²) in [5, 5.41) is 0. The van der Waals surface area contributed by atoms with Crippen LogP contribution in [0.2, 0.25) is 51.4 Å². The van der Waals surface area contributed by atoms with Gasteiger partial charge in [-0.2, -0.15) is 0 Å². The molecule has 7 atom stereocenters. The normalized spacial score (nSPS) is 23.5. The molecular formula is C40H77IO8Si2. The van der Waals surface area contributed by atoms with E-state index in [1.165, 1.54) is 18.9 Å². The summed E-state index contributed by atoms with van der Waals surface area (Å²) in [6.07, 6.45) is 22.0. The number of halogens is 1. The number of unbranched alkanes of at least 4 members (excludes halogenated alkanes) is 4. The van der Waals surface area contributed by atoms with Crippen molar-refractivity contribution in [3.05, 3.63) is 22.3 Å². The SMILES string of the molecule is CCCC[C@@H](CCC/C=C/[C@H](OCOC)[C@H]1CC[C@H]([C@H]2CC[C@H]([C@@H](CCCC/C=C/I)OCOCC[Si](C)(C)C)O2)O1)OCOCC[Si](C)(C)C. The number of methoxy groups -OCH3 is 1. The van der Waals surface area contributed by atoms with Crippen molar-refractivity contribution in [3.63, 3.8) is 0 Å². The van der Waals surface area contributed by atoms with Gasteiger partial charge in [-0.05, 0) is 86.8 Å². The Morgan fingerprint density at radius 2 is 1.29 bits per heavy atom. The van der Waals surface area contributed by atoms with E-state index in [-0.39, 0.29) is 49.5 Å². The summed E-state index contributed by atoms with van der Waals surface area (Å²) in [4.78, 5) is 0. The summed E-state index contributed by atoms with van der Waals surface area (Å²) in [7, 11) is -0.532. The largest absolute Gasteiger partial charge is 0.370 e. The van der Waals surface area contributed by atoms with Gasteiger partial charge in [-0.3, -0.25) is 0 Å². The van der Waals surface area contributed by atoms with Gasteiger partial charge in [-0.1, -0.05) is 106 Å². The fourth-order valence-corrected chi connectivity index (χ4v) is 8.39. The Bertz CT molecular complexity index is 912. The molecule has 2 aliphatic rings. The highest BCUT2D eigenvalue weighted by Crippen LogP contribution is 2.35. The third-order valence-electron chi connectivity index (χ3n) is 9.79. The highest BCUT2D eigenvalue weighted by atomic mass is 127. The second-order valence-electron chi connectivity index (χ2n) is 16.9. The van der Waals surface area contributed by atoms with Crippen molar-refractivity contribution in [3.8, 4) is 0 Å². The van der Waals surface area contributed by atoms with Crippen LogP contribution >= 0.6 is 22.6 Å². The molecule has 0 aromatic rings. The van der Waals surface area contributed by atoms with Crippen molar-refractivity contribution in [2.45, 2.75) is 191 Å². The number of ether oxygens (including phenoxy) is 8. The molecule has 11 heteroatoms. The van der Waals surface area contributed by atoms with Crippen molar-refractivity contribution < 1.29 is 37.9 Å². The summed E-state index contributed by atoms with van der Waals surface area (Å²) >= 11 is 2.29. The van der Waals surface area contributed by atoms with Gasteiger partial charge in [0.05, 0.1) is 36.6 Å². The van der Waals surface area contributed by atoms with Crippen LogP contribution in [0.3, 0.4) is 0 Å². The average Bonchev–Trinajstić information content (AvgIpc) is 3.76. The molecule has 51 heavy (non-hydrogen) atoms. The van der Waals surface area contributed by atoms with E-state index in [9.17, 15) is 0 Å². The minimum Gasteiger partial charge on any atom is -0.370 e. The fourth-order valence-electron chi connectivity index (χ4n) is 6.51. The first-order valence-corrected chi connectivity index (χ1v) is 28.8. The van der Waals surface area contributed by atoms with Gasteiger partial charge in [-0.15, -0.1) is 0 Å². The first-order valence-electron chi connectivity index (χ1n) is 20.2. The molecule has 0 aromatic carbocycles. The minimum atomic E-state index is -1.12. The second-order valence-corrected chi connectivity index (χ2v) is 28.9. The Balaban J connectivity index is 1.84. The van der Waals surface area contributed by atoms with Gasteiger partial charge in [0.1, 0.15) is 26.5 Å². The van der Waals surface area contributed by atoms with Crippen molar-refractivity contribution >= 4 is 38.7 Å². The molecule has 2 heterocycles. The van der Waals surface area contributed by atoms with Crippen LogP contribution in [0, 0.1) is 0 Å². The summed E-state index contributed by atoms with van der Waals surface area (Å²) in [5.41, 5.74) is 0. The van der Waals surface area contributed by atoms with Crippen LogP contribution < -0.4 is 0 Å². The Hall–Kier alpha value is 0.324. The molecule has 0 unspecified atom stereocenters. The average molecular weight is 869 g/mol. The second kappa shape index (κ2) is 27.8. The Morgan fingerprint density at radius 1 is 0.686 bits per heavy atom. The van der Waals surface area contributed by atoms with Gasteiger partial charge < -0.3 is 37.9 Å². The van der Waals surface area contributed by atoms with E-state index in [2.05, 4.69) is 91.1 Å². The van der Waals surface area contributed by atoms with E-state index in [0.717, 1.165) is 96.3 Å². The Labute approximate surface area is 329 Å². The van der Waals surface area contributed by atoms with Crippen LogP contribution in [0.4, 0.5) is 0 Å². The quantitative estimate of drug-likeness (QED) is 0.0224. The zero-order valence-electron chi connectivity index (χ0n) is 33.8. The zero-order valence-corrected chi connectivity index (χ0v) is 38.0. The van der Waals surface area contributed by atoms with Gasteiger partial charge in [0.15, 0.2) is 0 Å². The smallest absolute Gasteiger partial charge is 0.147 e. The first-order chi connectivity index (χ1) is 24.5. The lowest BCUT2D eigenvalue weighted by molar-refractivity contribution is -0.155. The third kappa shape index (κ3) is 23.1. The Morgan fingerprint density at radius 3 is 1.92 bits per heavy atom. The first kappa shape index (κ1) is 47.5. The lowest BCUT2D eigenvalue weighted by Gasteiger charge is -2.27. The van der Waals surface area contributed by atoms with Gasteiger partial charge in [0, 0.05) is 36.5 Å². The number of rotatable bonds is 31. The van der Waals surface area contributed by atoms with Gasteiger partial charge in [0.2, 0.25) is 0 Å². The Kier molecular flexibility index (Phi) is 25.9. The van der Waals surface area contributed by atoms with E-state index in [1.54, 1.807) is 7.11 Å². The molecule has 300 valence electrons. The number of hydrogen-bond acceptors (Lipinski definition) is 8. The molecule has 0 spiro atoms. The van der Waals surface area contributed by atoms with E-state index < -0.39 is 16.1 Å². The van der Waals surface area contributed by atoms with Crippen LogP contribution in [-0.2, 0) is 37.9 Å². The van der Waals surface area contributed by atoms with Gasteiger partial charge >= 0.3 is 0 Å². The van der Waals surface area contributed by atoms with Crippen molar-refractivity contribution in [1.29, 1.82) is 0 Å². The van der Waals surface area contributed by atoms with Crippen LogP contribution in [0.5, 0.6) is 0 Å². The molecular weight excluding hydrogens is 792 g/mol. The molecule has 0 aromatic heterocycles. The predicted octanol–water partition coefficient (Wildman–Crippen LogP) is 10.9. The van der Waals surface area contributed by atoms with E-state index >= 15 is 0 Å². The van der Waals surface area contributed by atoms with Crippen LogP contribution in [0.25, 0.3) is 0 Å². The maximum atomic E-state index is 6.71. The summed E-state index contributed by atoms with van der Waals surface area (Å²) in [5.74, 6) is 0. The molecule has 2 fully saturated rings. The standard InChI is InChI=1S/C40H77IO8Si2/c1-9-10-18-34(45-32-43-27-29-50(3,4)5)19-14-13-16-21-35(46-31-42-2)37-22-24-39(48-37)40-25-23-38(49-40)36(20-15-11-12-17-26-41)47-33-44-28-30-51(6,7)8/h16-17,21,26,34-40H,9-15,18-20,22-25,27-33H2,1-8H3/b21-16+,26-17+/t34-,35-,36+,37+,38+,39+,40+/m0/s1. The molecule has 0 radical (unpaired) electrons. The van der Waals surface area contributed by atoms with Crippen molar-refractivity contribution in [2.24, 2.45) is 0 Å². The summed E-state index contributed by atoms with van der Waals surface area (Å²) < 4.78 is 51.2. The highest BCUT2D eigenvalue weighted by Gasteiger charge is 2.41. The van der Waals surface area contributed by atoms with Crippen LogP contribution in [0.1, 0.15) is 96.8 Å². The van der Waals surface area contributed by atoms with Crippen LogP contribution in [-0.4, -0.2) is 99.6 Å². The lowest BCUT2D eigenvalue weighted by Crippen LogP contribution is -2.35. The van der Waals surface area contributed by atoms with Crippen molar-refractivity contribution in [2.75, 3.05) is 40.7 Å². The molecule has 8 nitrogen and oxygen atoms in total. The van der Waals surface area contributed by atoms with Crippen LogP contribution in [0.15, 0.2) is 22.3 Å². The number of hydrogen-bond donors (Lipinski definition) is 0. The van der Waals surface area contributed by atoms with E-state index in [0.29, 0.717) is 13.6 Å². The molecule has 0 aliphatic carbocycles. The third-order valence-corrected chi connectivity index (χ3v) is 13.7. The fraction of sp³-hybridized carbons (Fsp3) is 0.900. The summed E-state index contributed by atoms with van der Waals surface area (Å²) in [6, 6.07) is 2.33. The van der Waals surface area contributed by atoms with E-state index in [1.807, 2.05) is 0 Å². The van der Waals surface area contributed by atoms with Gasteiger partial charge in [-0.25, -0.2) is 0 Å². The molecule has 0 bridgehead atoms. The lowest BCUT2D eigenvalue weighted by atomic mass is 10.0. The maximum absolute atomic E-state index is 6.71. The molecule has 2 rings (SSSR count). The number of allylic oxidation sites excluding steroid dienone is 2. The van der Waals surface area contributed by atoms with Crippen molar-refractivity contribution in [1.82, 2.24) is 0 Å². The molecule has 0 saturated carbocycles. The summed E-state index contributed by atoms with van der Waals surface area (Å²) in [6.45, 7) is 19.1. The van der Waals surface area contributed by atoms with Gasteiger partial charge in [0.25, 0.3) is 0 Å². The molecule has 2 saturated heterocycles. The minimum absolute atomic E-state index is 0.00392.